The average molecular weight is 560 g/mol. The predicted molar refractivity (Wildman–Crippen MR) is 149 cm³/mol. The maximum atomic E-state index is 13.6. The number of nitrogens with zero attached hydrogens (tertiary/aromatic N) is 1. The van der Waals surface area contributed by atoms with Gasteiger partial charge in [0.2, 0.25) is 17.6 Å². The largest absolute Gasteiger partial charge is 0.380 e. The lowest BCUT2D eigenvalue weighted by Gasteiger charge is -2.26. The molecule has 1 aromatic heterocycles. The number of methoxy groups -OCH3 is 1. The van der Waals surface area contributed by atoms with Crippen molar-refractivity contribution >= 4 is 40.3 Å². The topological polar surface area (TPSA) is 150 Å². The molecule has 1 unspecified atom stereocenters. The number of hydrogen-bond acceptors (Lipinski definition) is 6. The van der Waals surface area contributed by atoms with E-state index in [1.807, 2.05) is 54.6 Å². The highest BCUT2D eigenvalue weighted by atomic mass is 16.5. The molecule has 2 saturated heterocycles. The summed E-state index contributed by atoms with van der Waals surface area (Å²) >= 11 is 0. The Labute approximate surface area is 237 Å². The summed E-state index contributed by atoms with van der Waals surface area (Å²) in [6.07, 6.45) is 0.304. The molecule has 3 aromatic rings. The smallest absolute Gasteiger partial charge is 0.289 e. The Morgan fingerprint density at radius 3 is 2.54 bits per heavy atom. The van der Waals surface area contributed by atoms with Crippen LogP contribution in [-0.2, 0) is 30.5 Å². The van der Waals surface area contributed by atoms with E-state index < -0.39 is 35.6 Å². The standard InChI is InChI=1S/C30H33N5O6/c1-41-21-15-25(35(17-21)30(40)24-13-19-9-5-6-10-22(19)33-24)28(38)34-23(14-20-11-12-31-27(20)37)26(36)29(39)32-16-18-7-3-2-4-8-18/h2-10,13,20-21,23,25,33H,11-12,14-17H2,1H3,(H,31,37)(H,32,39)(H,34,38)/t20-,21+,23?,25-/m0/s1. The molecule has 41 heavy (non-hydrogen) atoms. The number of Topliss-reactive ketones (excluding diaryl/α,β-unsaturated/α-hetero) is 1. The van der Waals surface area contributed by atoms with E-state index in [1.165, 1.54) is 12.0 Å². The third-order valence-electron chi connectivity index (χ3n) is 7.76. The van der Waals surface area contributed by atoms with Crippen LogP contribution in [0.5, 0.6) is 0 Å². The number of carbonyl (C=O) groups is 5. The lowest BCUT2D eigenvalue weighted by atomic mass is 9.95. The van der Waals surface area contributed by atoms with Gasteiger partial charge in [-0.1, -0.05) is 48.5 Å². The molecule has 4 atom stereocenters. The molecule has 214 valence electrons. The van der Waals surface area contributed by atoms with Gasteiger partial charge in [0, 0.05) is 50.0 Å². The Morgan fingerprint density at radius 2 is 1.83 bits per heavy atom. The van der Waals surface area contributed by atoms with Crippen molar-refractivity contribution in [3.63, 3.8) is 0 Å². The number of fused-ring (bicyclic) bond motifs is 1. The summed E-state index contributed by atoms with van der Waals surface area (Å²) in [6, 6.07) is 16.2. The summed E-state index contributed by atoms with van der Waals surface area (Å²) in [4.78, 5) is 70.2. The molecule has 0 saturated carbocycles. The number of H-pyrrole nitrogens is 1. The van der Waals surface area contributed by atoms with E-state index in [0.29, 0.717) is 18.7 Å². The number of aromatic amines is 1. The normalized spacial score (nSPS) is 21.0. The fourth-order valence-corrected chi connectivity index (χ4v) is 5.46. The Morgan fingerprint density at radius 1 is 1.07 bits per heavy atom. The maximum absolute atomic E-state index is 13.6. The maximum Gasteiger partial charge on any atom is 0.289 e. The van der Waals surface area contributed by atoms with Crippen LogP contribution in [0, 0.1) is 5.92 Å². The lowest BCUT2D eigenvalue weighted by molar-refractivity contribution is -0.141. The van der Waals surface area contributed by atoms with Crippen molar-refractivity contribution in [2.24, 2.45) is 5.92 Å². The molecule has 2 fully saturated rings. The Balaban J connectivity index is 1.33. The van der Waals surface area contributed by atoms with Gasteiger partial charge in [-0.25, -0.2) is 0 Å². The molecule has 3 heterocycles. The molecule has 2 aliphatic rings. The number of hydrogen-bond donors (Lipinski definition) is 4. The molecule has 2 aromatic carbocycles. The van der Waals surface area contributed by atoms with Crippen LogP contribution in [0.1, 0.15) is 35.3 Å². The van der Waals surface area contributed by atoms with E-state index in [0.717, 1.165) is 16.5 Å². The first kappa shape index (κ1) is 28.0. The van der Waals surface area contributed by atoms with Crippen molar-refractivity contribution in [2.45, 2.75) is 44.0 Å². The van der Waals surface area contributed by atoms with Crippen LogP contribution >= 0.6 is 0 Å². The first-order valence-electron chi connectivity index (χ1n) is 13.7. The number of amides is 4. The lowest BCUT2D eigenvalue weighted by Crippen LogP contribution is -2.54. The second kappa shape index (κ2) is 12.3. The molecule has 0 spiro atoms. The molecule has 2 aliphatic heterocycles. The van der Waals surface area contributed by atoms with Gasteiger partial charge in [-0.2, -0.15) is 0 Å². The van der Waals surface area contributed by atoms with Crippen LogP contribution in [0.3, 0.4) is 0 Å². The van der Waals surface area contributed by atoms with E-state index in [1.54, 1.807) is 6.07 Å². The van der Waals surface area contributed by atoms with Gasteiger partial charge in [-0.05, 0) is 30.5 Å². The Hall–Kier alpha value is -4.51. The first-order chi connectivity index (χ1) is 19.8. The monoisotopic (exact) mass is 559 g/mol. The molecule has 5 rings (SSSR count). The molecular weight excluding hydrogens is 526 g/mol. The number of benzene rings is 2. The fourth-order valence-electron chi connectivity index (χ4n) is 5.46. The minimum absolute atomic E-state index is 0.0223. The van der Waals surface area contributed by atoms with Crippen LogP contribution in [-0.4, -0.2) is 77.7 Å². The van der Waals surface area contributed by atoms with Crippen LogP contribution in [0.2, 0.25) is 0 Å². The average Bonchev–Trinajstić information content (AvgIpc) is 3.73. The predicted octanol–water partition coefficient (Wildman–Crippen LogP) is 1.29. The molecule has 4 amide bonds. The van der Waals surface area contributed by atoms with E-state index in [2.05, 4.69) is 20.9 Å². The van der Waals surface area contributed by atoms with Crippen molar-refractivity contribution in [3.8, 4) is 0 Å². The molecule has 4 N–H and O–H groups in total. The molecule has 11 nitrogen and oxygen atoms in total. The van der Waals surface area contributed by atoms with Gasteiger partial charge < -0.3 is 30.6 Å². The second-order valence-electron chi connectivity index (χ2n) is 10.4. The van der Waals surface area contributed by atoms with Crippen LogP contribution in [0.15, 0.2) is 60.7 Å². The highest BCUT2D eigenvalue weighted by molar-refractivity contribution is 6.38. The molecule has 11 heteroatoms. The van der Waals surface area contributed by atoms with Crippen LogP contribution in [0.25, 0.3) is 10.9 Å². The highest BCUT2D eigenvalue weighted by Gasteiger charge is 2.42. The number of ketones is 1. The minimum Gasteiger partial charge on any atom is -0.380 e. The summed E-state index contributed by atoms with van der Waals surface area (Å²) < 4.78 is 5.49. The van der Waals surface area contributed by atoms with Crippen molar-refractivity contribution < 1.29 is 28.7 Å². The minimum atomic E-state index is -1.24. The zero-order valence-electron chi connectivity index (χ0n) is 22.7. The van der Waals surface area contributed by atoms with Gasteiger partial charge >= 0.3 is 0 Å². The van der Waals surface area contributed by atoms with Gasteiger partial charge in [0.25, 0.3) is 11.8 Å². The fraction of sp³-hybridized carbons (Fsp3) is 0.367. The third kappa shape index (κ3) is 6.30. The quantitative estimate of drug-likeness (QED) is 0.275. The van der Waals surface area contributed by atoms with Gasteiger partial charge in [0.1, 0.15) is 11.7 Å². The Bertz CT molecular complexity index is 1420. The number of para-hydroxylation sites is 1. The van der Waals surface area contributed by atoms with Crippen molar-refractivity contribution in [1.29, 1.82) is 0 Å². The number of likely N-dealkylation sites (tertiary alicyclic amines) is 1. The highest BCUT2D eigenvalue weighted by Crippen LogP contribution is 2.25. The SMILES string of the molecule is CO[C@@H]1C[C@@H](C(=O)NC(C[C@@H]2CCNC2=O)C(=O)C(=O)NCc2ccccc2)N(C(=O)c2cc3ccccc3[nH]2)C1. The van der Waals surface area contributed by atoms with Gasteiger partial charge in [-0.15, -0.1) is 0 Å². The number of carbonyl (C=O) groups excluding carboxylic acids is 5. The third-order valence-corrected chi connectivity index (χ3v) is 7.76. The zero-order valence-corrected chi connectivity index (χ0v) is 22.7. The Kier molecular flexibility index (Phi) is 8.44. The van der Waals surface area contributed by atoms with Gasteiger partial charge in [0.05, 0.1) is 12.1 Å². The zero-order chi connectivity index (χ0) is 28.9. The number of nitrogens with one attached hydrogen (secondary N) is 4. The summed E-state index contributed by atoms with van der Waals surface area (Å²) in [7, 11) is 1.51. The van der Waals surface area contributed by atoms with Gasteiger partial charge in [0.15, 0.2) is 0 Å². The van der Waals surface area contributed by atoms with E-state index >= 15 is 0 Å². The van der Waals surface area contributed by atoms with Crippen molar-refractivity contribution in [3.05, 3.63) is 71.9 Å². The van der Waals surface area contributed by atoms with Gasteiger partial charge in [-0.3, -0.25) is 24.0 Å². The van der Waals surface area contributed by atoms with Crippen LogP contribution < -0.4 is 16.0 Å². The summed E-state index contributed by atoms with van der Waals surface area (Å²) in [5.74, 6) is -3.40. The summed E-state index contributed by atoms with van der Waals surface area (Å²) in [5.41, 5.74) is 1.93. The number of aromatic nitrogens is 1. The molecule has 0 bridgehead atoms. The van der Waals surface area contributed by atoms with E-state index in [4.69, 9.17) is 4.74 Å². The number of ether oxygens (including phenoxy) is 1. The van der Waals surface area contributed by atoms with Crippen LogP contribution in [0.4, 0.5) is 0 Å². The second-order valence-corrected chi connectivity index (χ2v) is 10.4. The first-order valence-corrected chi connectivity index (χ1v) is 13.7. The van der Waals surface area contributed by atoms with Crippen molar-refractivity contribution in [2.75, 3.05) is 20.2 Å². The van der Waals surface area contributed by atoms with Crippen molar-refractivity contribution in [1.82, 2.24) is 25.8 Å². The summed E-state index contributed by atoms with van der Waals surface area (Å²) in [6.45, 7) is 0.786. The van der Waals surface area contributed by atoms with E-state index in [9.17, 15) is 24.0 Å². The molecular formula is C30H33N5O6. The van der Waals surface area contributed by atoms with E-state index in [-0.39, 0.29) is 43.8 Å². The number of rotatable bonds is 10. The molecule has 0 radical (unpaired) electrons. The molecule has 0 aliphatic carbocycles. The summed E-state index contributed by atoms with van der Waals surface area (Å²) in [5, 5.41) is 8.90.